The third kappa shape index (κ3) is 3.38. The lowest BCUT2D eigenvalue weighted by molar-refractivity contribution is -0.0499. The van der Waals surface area contributed by atoms with Gasteiger partial charge in [0, 0.05) is 5.56 Å². The Bertz CT molecular complexity index is 1710. The zero-order valence-corrected chi connectivity index (χ0v) is 20.1. The van der Waals surface area contributed by atoms with Gasteiger partial charge < -0.3 is 4.18 Å². The lowest BCUT2D eigenvalue weighted by Gasteiger charge is -2.34. The van der Waals surface area contributed by atoms with Crippen LogP contribution in [-0.2, 0) is 15.5 Å². The van der Waals surface area contributed by atoms with Gasteiger partial charge in [0.15, 0.2) is 5.75 Å². The van der Waals surface area contributed by atoms with Crippen molar-refractivity contribution in [1.82, 2.24) is 0 Å². The molecule has 6 rings (SSSR count). The molecule has 0 amide bonds. The van der Waals surface area contributed by atoms with E-state index in [4.69, 9.17) is 4.18 Å². The Morgan fingerprint density at radius 2 is 1.22 bits per heavy atom. The molecule has 0 atom stereocenters. The normalized spacial score (nSPS) is 14.2. The van der Waals surface area contributed by atoms with Gasteiger partial charge in [-0.3, -0.25) is 0 Å². The summed E-state index contributed by atoms with van der Waals surface area (Å²) in [7, 11) is -5.91. The summed E-state index contributed by atoms with van der Waals surface area (Å²) in [5, 5.41) is 1.36. The number of hydrogen-bond acceptors (Lipinski definition) is 3. The molecule has 0 saturated carbocycles. The first-order valence-corrected chi connectivity index (χ1v) is 12.9. The lowest BCUT2D eigenvalue weighted by atomic mass is 9.66. The second kappa shape index (κ2) is 8.21. The number of hydrogen-bond donors (Lipinski definition) is 0. The third-order valence-corrected chi connectivity index (χ3v) is 7.85. The second-order valence-electron chi connectivity index (χ2n) is 8.86. The average Bonchev–Trinajstić information content (AvgIpc) is 3.22. The van der Waals surface area contributed by atoms with Crippen molar-refractivity contribution in [2.24, 2.45) is 0 Å². The van der Waals surface area contributed by atoms with Crippen LogP contribution in [0.2, 0.25) is 0 Å². The molecule has 0 heterocycles. The highest BCUT2D eigenvalue weighted by molar-refractivity contribution is 7.88. The van der Waals surface area contributed by atoms with Crippen LogP contribution < -0.4 is 4.18 Å². The van der Waals surface area contributed by atoms with Crippen molar-refractivity contribution >= 4 is 20.9 Å². The van der Waals surface area contributed by atoms with Crippen LogP contribution in [-0.4, -0.2) is 13.9 Å². The van der Waals surface area contributed by atoms with Crippen LogP contribution in [0.15, 0.2) is 115 Å². The molecule has 0 unspecified atom stereocenters. The van der Waals surface area contributed by atoms with Gasteiger partial charge in [0.05, 0.1) is 5.41 Å². The van der Waals surface area contributed by atoms with E-state index in [0.717, 1.165) is 22.1 Å². The van der Waals surface area contributed by atoms with Gasteiger partial charge in [-0.05, 0) is 44.7 Å². The Hall–Kier alpha value is -4.10. The van der Waals surface area contributed by atoms with Crippen molar-refractivity contribution in [2.45, 2.75) is 10.9 Å². The van der Waals surface area contributed by atoms with Crippen molar-refractivity contribution in [3.63, 3.8) is 0 Å². The Labute approximate surface area is 211 Å². The van der Waals surface area contributed by atoms with Crippen LogP contribution in [0.1, 0.15) is 22.3 Å². The molecule has 0 N–H and O–H groups in total. The smallest absolute Gasteiger partial charge is 0.375 e. The highest BCUT2D eigenvalue weighted by Crippen LogP contribution is 2.60. The molecule has 3 nitrogen and oxygen atoms in total. The Morgan fingerprint density at radius 3 is 1.84 bits per heavy atom. The maximum Gasteiger partial charge on any atom is 0.534 e. The maximum atomic E-state index is 13.4. The molecule has 0 radical (unpaired) electrons. The number of fused-ring (bicyclic) bond motifs is 5. The summed E-state index contributed by atoms with van der Waals surface area (Å²) in [5.41, 5.74) is -2.26. The molecule has 0 fully saturated rings. The molecule has 0 bridgehead atoms. The predicted octanol–water partition coefficient (Wildman–Crippen LogP) is 7.43. The van der Waals surface area contributed by atoms with Gasteiger partial charge in [-0.15, -0.1) is 0 Å². The van der Waals surface area contributed by atoms with Gasteiger partial charge in [0.1, 0.15) is 0 Å². The van der Waals surface area contributed by atoms with Gasteiger partial charge in [0.2, 0.25) is 0 Å². The van der Waals surface area contributed by atoms with Crippen LogP contribution >= 0.6 is 0 Å². The van der Waals surface area contributed by atoms with Gasteiger partial charge in [-0.2, -0.15) is 21.6 Å². The fourth-order valence-corrected chi connectivity index (χ4v) is 5.98. The molecule has 5 aromatic carbocycles. The number of benzene rings is 5. The summed E-state index contributed by atoms with van der Waals surface area (Å²) in [6, 6.07) is 35.4. The topological polar surface area (TPSA) is 43.4 Å². The average molecular weight is 517 g/mol. The predicted molar refractivity (Wildman–Crippen MR) is 137 cm³/mol. The first-order chi connectivity index (χ1) is 17.7. The fraction of sp³-hybridized carbons (Fsp3) is 0.0667. The molecule has 1 aliphatic rings. The number of alkyl halides is 3. The van der Waals surface area contributed by atoms with Crippen molar-refractivity contribution < 1.29 is 25.8 Å². The Balaban J connectivity index is 1.83. The van der Waals surface area contributed by atoms with Gasteiger partial charge in [-0.1, -0.05) is 109 Å². The highest BCUT2D eigenvalue weighted by Gasteiger charge is 2.51. The van der Waals surface area contributed by atoms with Gasteiger partial charge in [-0.25, -0.2) is 0 Å². The van der Waals surface area contributed by atoms with Crippen LogP contribution in [0.25, 0.3) is 21.9 Å². The zero-order valence-electron chi connectivity index (χ0n) is 19.2. The van der Waals surface area contributed by atoms with E-state index in [9.17, 15) is 21.6 Å². The standard InChI is InChI=1S/C30H19F3O3S/c31-30(32,33)37(34,35)36-26-19-20-11-7-8-16-23(20)28-27(26)24-17-9-10-18-25(24)29(28,21-12-3-1-4-13-21)22-14-5-2-6-15-22/h1-19H. The molecule has 1 aliphatic carbocycles. The molecule has 0 aromatic heterocycles. The van der Waals surface area contributed by atoms with E-state index < -0.39 is 21.0 Å². The minimum absolute atomic E-state index is 0.329. The van der Waals surface area contributed by atoms with E-state index in [0.29, 0.717) is 22.1 Å². The van der Waals surface area contributed by atoms with Crippen molar-refractivity contribution in [3.05, 3.63) is 138 Å². The molecule has 7 heteroatoms. The molecular weight excluding hydrogens is 497 g/mol. The van der Waals surface area contributed by atoms with Crippen molar-refractivity contribution in [2.75, 3.05) is 0 Å². The molecule has 184 valence electrons. The molecular formula is C30H19F3O3S. The largest absolute Gasteiger partial charge is 0.534 e. The van der Waals surface area contributed by atoms with Crippen LogP contribution in [0.5, 0.6) is 5.75 Å². The molecule has 5 aromatic rings. The number of rotatable bonds is 4. The zero-order chi connectivity index (χ0) is 25.8. The van der Waals surface area contributed by atoms with E-state index >= 15 is 0 Å². The quantitative estimate of drug-likeness (QED) is 0.181. The lowest BCUT2D eigenvalue weighted by Crippen LogP contribution is -2.29. The maximum absolute atomic E-state index is 13.4. The number of halogens is 3. The van der Waals surface area contributed by atoms with Crippen LogP contribution in [0, 0.1) is 0 Å². The summed E-state index contributed by atoms with van der Waals surface area (Å²) >= 11 is 0. The summed E-state index contributed by atoms with van der Waals surface area (Å²) in [4.78, 5) is 0. The Kier molecular flexibility index (Phi) is 5.17. The summed E-state index contributed by atoms with van der Waals surface area (Å²) in [6.45, 7) is 0. The summed E-state index contributed by atoms with van der Waals surface area (Å²) in [6.07, 6.45) is 0. The third-order valence-electron chi connectivity index (χ3n) is 6.89. The first kappa shape index (κ1) is 23.3. The Morgan fingerprint density at radius 1 is 0.676 bits per heavy atom. The monoisotopic (exact) mass is 516 g/mol. The van der Waals surface area contributed by atoms with Crippen molar-refractivity contribution in [3.8, 4) is 16.9 Å². The highest BCUT2D eigenvalue weighted by atomic mass is 32.2. The van der Waals surface area contributed by atoms with E-state index in [-0.39, 0.29) is 5.75 Å². The van der Waals surface area contributed by atoms with Gasteiger partial charge in [0.25, 0.3) is 0 Å². The first-order valence-electron chi connectivity index (χ1n) is 11.5. The van der Waals surface area contributed by atoms with E-state index in [1.807, 2.05) is 84.9 Å². The SMILES string of the molecule is O=S(=O)(Oc1cc2ccccc2c2c1-c1ccccc1C2(c1ccccc1)c1ccccc1)C(F)(F)F. The molecule has 0 aliphatic heterocycles. The summed E-state index contributed by atoms with van der Waals surface area (Å²) < 4.78 is 69.7. The van der Waals surface area contributed by atoms with Crippen LogP contribution in [0.3, 0.4) is 0 Å². The fourth-order valence-electron chi connectivity index (χ4n) is 5.52. The minimum atomic E-state index is -5.91. The minimum Gasteiger partial charge on any atom is -0.375 e. The molecule has 0 spiro atoms. The van der Waals surface area contributed by atoms with E-state index in [2.05, 4.69) is 0 Å². The summed E-state index contributed by atoms with van der Waals surface area (Å²) in [5.74, 6) is -0.354. The van der Waals surface area contributed by atoms with E-state index in [1.54, 1.807) is 24.3 Å². The van der Waals surface area contributed by atoms with Gasteiger partial charge >= 0.3 is 15.6 Å². The molecule has 37 heavy (non-hydrogen) atoms. The second-order valence-corrected chi connectivity index (χ2v) is 10.4. The van der Waals surface area contributed by atoms with E-state index in [1.165, 1.54) is 6.07 Å². The molecule has 0 saturated heterocycles. The van der Waals surface area contributed by atoms with Crippen LogP contribution in [0.4, 0.5) is 13.2 Å². The van der Waals surface area contributed by atoms with Crippen molar-refractivity contribution in [1.29, 1.82) is 0 Å².